The maximum absolute atomic E-state index is 12.4. The molecule has 0 radical (unpaired) electrons. The summed E-state index contributed by atoms with van der Waals surface area (Å²) >= 11 is 11.2. The molecule has 2 nitrogen and oxygen atoms in total. The fourth-order valence-electron chi connectivity index (χ4n) is 2.24. The maximum Gasteiger partial charge on any atom is 0.265 e. The van der Waals surface area contributed by atoms with Gasteiger partial charge in [-0.25, -0.2) is 0 Å². The molecule has 5 heteroatoms. The van der Waals surface area contributed by atoms with Crippen LogP contribution in [0.5, 0.6) is 0 Å². The van der Waals surface area contributed by atoms with Crippen LogP contribution >= 0.6 is 38.9 Å². The fourth-order valence-corrected chi connectivity index (χ4v) is 4.27. The number of carbonyl (C=O) groups is 1. The molecule has 0 spiro atoms. The van der Waals surface area contributed by atoms with Gasteiger partial charge in [0.2, 0.25) is 0 Å². The lowest BCUT2D eigenvalue weighted by atomic mass is 10.2. The first-order chi connectivity index (χ1) is 8.66. The van der Waals surface area contributed by atoms with E-state index in [0.717, 1.165) is 40.5 Å². The SMILES string of the molecule is O=C(c1sc2cc(Br)ccc2c1Cl)N1CCCC1. The third kappa shape index (κ3) is 2.06. The van der Waals surface area contributed by atoms with Gasteiger partial charge in [-0.05, 0) is 25.0 Å². The number of hydrogen-bond donors (Lipinski definition) is 0. The second-order valence-corrected chi connectivity index (χ2v) is 6.73. The van der Waals surface area contributed by atoms with Gasteiger partial charge in [0.25, 0.3) is 5.91 Å². The number of thiophene rings is 1. The zero-order valence-corrected chi connectivity index (χ0v) is 12.7. The lowest BCUT2D eigenvalue weighted by Gasteiger charge is -2.13. The summed E-state index contributed by atoms with van der Waals surface area (Å²) in [6.07, 6.45) is 2.19. The van der Waals surface area contributed by atoms with Crippen LogP contribution in [-0.2, 0) is 0 Å². The molecule has 1 fully saturated rings. The van der Waals surface area contributed by atoms with Gasteiger partial charge in [-0.3, -0.25) is 4.79 Å². The molecular formula is C13H11BrClNOS. The Kier molecular flexibility index (Phi) is 3.34. The van der Waals surface area contributed by atoms with E-state index in [2.05, 4.69) is 15.9 Å². The molecule has 0 bridgehead atoms. The van der Waals surface area contributed by atoms with Gasteiger partial charge in [0.05, 0.1) is 5.02 Å². The van der Waals surface area contributed by atoms with Gasteiger partial charge in [0.1, 0.15) is 4.88 Å². The van der Waals surface area contributed by atoms with Crippen LogP contribution in [0.15, 0.2) is 22.7 Å². The summed E-state index contributed by atoms with van der Waals surface area (Å²) in [5.41, 5.74) is 0. The third-order valence-electron chi connectivity index (χ3n) is 3.18. The van der Waals surface area contributed by atoms with Crippen molar-refractivity contribution in [3.8, 4) is 0 Å². The second-order valence-electron chi connectivity index (χ2n) is 4.38. The van der Waals surface area contributed by atoms with Crippen molar-refractivity contribution in [2.75, 3.05) is 13.1 Å². The molecule has 2 aromatic rings. The predicted octanol–water partition coefficient (Wildman–Crippen LogP) is 4.55. The maximum atomic E-state index is 12.4. The molecule has 1 aromatic carbocycles. The normalized spacial score (nSPS) is 15.6. The van der Waals surface area contributed by atoms with Gasteiger partial charge in [-0.15, -0.1) is 11.3 Å². The molecule has 1 aliphatic heterocycles. The minimum atomic E-state index is 0.0785. The Morgan fingerprint density at radius 3 is 2.78 bits per heavy atom. The highest BCUT2D eigenvalue weighted by Crippen LogP contribution is 2.37. The monoisotopic (exact) mass is 343 g/mol. The zero-order valence-electron chi connectivity index (χ0n) is 9.58. The summed E-state index contributed by atoms with van der Waals surface area (Å²) in [5.74, 6) is 0.0785. The van der Waals surface area contributed by atoms with Crippen molar-refractivity contribution >= 4 is 54.9 Å². The molecule has 1 aromatic heterocycles. The van der Waals surface area contributed by atoms with Gasteiger partial charge >= 0.3 is 0 Å². The smallest absolute Gasteiger partial charge is 0.265 e. The average molecular weight is 345 g/mol. The molecule has 1 aliphatic rings. The van der Waals surface area contributed by atoms with Gasteiger partial charge < -0.3 is 4.90 Å². The molecular weight excluding hydrogens is 334 g/mol. The van der Waals surface area contributed by atoms with Crippen LogP contribution in [0, 0.1) is 0 Å². The number of nitrogens with zero attached hydrogens (tertiary/aromatic N) is 1. The van der Waals surface area contributed by atoms with Crippen molar-refractivity contribution in [3.05, 3.63) is 32.6 Å². The summed E-state index contributed by atoms with van der Waals surface area (Å²) in [7, 11) is 0. The Balaban J connectivity index is 2.06. The van der Waals surface area contributed by atoms with Crippen LogP contribution in [0.2, 0.25) is 5.02 Å². The van der Waals surface area contributed by atoms with Crippen molar-refractivity contribution in [1.29, 1.82) is 0 Å². The number of hydrogen-bond acceptors (Lipinski definition) is 2. The van der Waals surface area contributed by atoms with Crippen LogP contribution in [0.4, 0.5) is 0 Å². The Labute approximate surface area is 123 Å². The van der Waals surface area contributed by atoms with E-state index in [0.29, 0.717) is 9.90 Å². The first-order valence-corrected chi connectivity index (χ1v) is 7.82. The Bertz CT molecular complexity index is 619. The van der Waals surface area contributed by atoms with Crippen LogP contribution in [0.1, 0.15) is 22.5 Å². The topological polar surface area (TPSA) is 20.3 Å². The van der Waals surface area contributed by atoms with E-state index in [1.54, 1.807) is 0 Å². The molecule has 1 amide bonds. The summed E-state index contributed by atoms with van der Waals surface area (Å²) < 4.78 is 2.06. The average Bonchev–Trinajstić information content (AvgIpc) is 2.97. The first kappa shape index (κ1) is 12.5. The number of amides is 1. The Morgan fingerprint density at radius 2 is 2.06 bits per heavy atom. The number of benzene rings is 1. The summed E-state index contributed by atoms with van der Waals surface area (Å²) in [6.45, 7) is 1.71. The van der Waals surface area contributed by atoms with E-state index in [4.69, 9.17) is 11.6 Å². The van der Waals surface area contributed by atoms with Gasteiger partial charge in [-0.1, -0.05) is 33.6 Å². The molecule has 3 rings (SSSR count). The van der Waals surface area contributed by atoms with Gasteiger partial charge in [0, 0.05) is 27.6 Å². The van der Waals surface area contributed by atoms with Crippen molar-refractivity contribution in [1.82, 2.24) is 4.90 Å². The van der Waals surface area contributed by atoms with E-state index >= 15 is 0 Å². The molecule has 94 valence electrons. The lowest BCUT2D eigenvalue weighted by molar-refractivity contribution is 0.0798. The van der Waals surface area contributed by atoms with Crippen molar-refractivity contribution < 1.29 is 4.79 Å². The van der Waals surface area contributed by atoms with Gasteiger partial charge in [0.15, 0.2) is 0 Å². The Morgan fingerprint density at radius 1 is 1.33 bits per heavy atom. The van der Waals surface area contributed by atoms with Crippen LogP contribution in [0.25, 0.3) is 10.1 Å². The van der Waals surface area contributed by atoms with Crippen LogP contribution in [-0.4, -0.2) is 23.9 Å². The highest BCUT2D eigenvalue weighted by molar-refractivity contribution is 9.10. The van der Waals surface area contributed by atoms with E-state index in [1.165, 1.54) is 11.3 Å². The molecule has 2 heterocycles. The number of fused-ring (bicyclic) bond motifs is 1. The Hall–Kier alpha value is -0.580. The molecule has 0 aliphatic carbocycles. The van der Waals surface area contributed by atoms with Gasteiger partial charge in [-0.2, -0.15) is 0 Å². The largest absolute Gasteiger partial charge is 0.338 e. The predicted molar refractivity (Wildman–Crippen MR) is 79.7 cm³/mol. The first-order valence-electron chi connectivity index (χ1n) is 5.83. The summed E-state index contributed by atoms with van der Waals surface area (Å²) in [6, 6.07) is 5.91. The van der Waals surface area contributed by atoms with Crippen LogP contribution in [0.3, 0.4) is 0 Å². The van der Waals surface area contributed by atoms with E-state index in [-0.39, 0.29) is 5.91 Å². The van der Waals surface area contributed by atoms with Crippen molar-refractivity contribution in [2.24, 2.45) is 0 Å². The lowest BCUT2D eigenvalue weighted by Crippen LogP contribution is -2.26. The molecule has 0 unspecified atom stereocenters. The molecule has 0 saturated carbocycles. The van der Waals surface area contributed by atoms with Crippen LogP contribution < -0.4 is 0 Å². The standard InChI is InChI=1S/C13H11BrClNOS/c14-8-3-4-9-10(7-8)18-12(11(9)15)13(17)16-5-1-2-6-16/h3-4,7H,1-2,5-6H2. The second kappa shape index (κ2) is 4.83. The minimum absolute atomic E-state index is 0.0785. The quantitative estimate of drug-likeness (QED) is 0.743. The third-order valence-corrected chi connectivity index (χ3v) is 5.32. The number of halogens is 2. The molecule has 18 heavy (non-hydrogen) atoms. The molecule has 1 saturated heterocycles. The molecule has 0 atom stereocenters. The molecule has 0 N–H and O–H groups in total. The van der Waals surface area contributed by atoms with Crippen molar-refractivity contribution in [3.63, 3.8) is 0 Å². The minimum Gasteiger partial charge on any atom is -0.338 e. The highest BCUT2D eigenvalue weighted by atomic mass is 79.9. The number of likely N-dealkylation sites (tertiary alicyclic amines) is 1. The van der Waals surface area contributed by atoms with E-state index in [9.17, 15) is 4.79 Å². The fraction of sp³-hybridized carbons (Fsp3) is 0.308. The van der Waals surface area contributed by atoms with E-state index in [1.807, 2.05) is 23.1 Å². The highest BCUT2D eigenvalue weighted by Gasteiger charge is 2.24. The number of rotatable bonds is 1. The number of carbonyl (C=O) groups excluding carboxylic acids is 1. The van der Waals surface area contributed by atoms with E-state index < -0.39 is 0 Å². The summed E-state index contributed by atoms with van der Waals surface area (Å²) in [4.78, 5) is 14.9. The summed E-state index contributed by atoms with van der Waals surface area (Å²) in [5, 5.41) is 1.56. The van der Waals surface area contributed by atoms with Crippen molar-refractivity contribution in [2.45, 2.75) is 12.8 Å². The zero-order chi connectivity index (χ0) is 12.7.